The predicted molar refractivity (Wildman–Crippen MR) is 97.4 cm³/mol. The fourth-order valence-electron chi connectivity index (χ4n) is 3.54. The second-order valence-corrected chi connectivity index (χ2v) is 7.51. The average Bonchev–Trinajstić information content (AvgIpc) is 3.40. The molecule has 0 spiro atoms. The zero-order valence-corrected chi connectivity index (χ0v) is 16.7. The lowest BCUT2D eigenvalue weighted by atomic mass is 10.1. The molecule has 0 bridgehead atoms. The molecule has 2 N–H and O–H groups in total. The number of halogens is 3. The van der Waals surface area contributed by atoms with E-state index in [1.54, 1.807) is 0 Å². The molecule has 1 aromatic rings. The third kappa shape index (κ3) is 6.17. The number of piperazine rings is 1. The lowest BCUT2D eigenvalue weighted by Crippen LogP contribution is -2.53. The summed E-state index contributed by atoms with van der Waals surface area (Å²) in [6, 6.07) is -0.260. The Hall–Kier alpha value is -2.14. The van der Waals surface area contributed by atoms with E-state index in [9.17, 15) is 23.1 Å². The van der Waals surface area contributed by atoms with E-state index >= 15 is 0 Å². The summed E-state index contributed by atoms with van der Waals surface area (Å²) in [7, 11) is 1.98. The van der Waals surface area contributed by atoms with Gasteiger partial charge in [-0.25, -0.2) is 4.79 Å². The molecule has 1 atom stereocenters. The summed E-state index contributed by atoms with van der Waals surface area (Å²) in [5, 5.41) is 21.0. The minimum Gasteiger partial charge on any atom is -0.480 e. The van der Waals surface area contributed by atoms with Crippen molar-refractivity contribution in [3.63, 3.8) is 0 Å². The first kappa shape index (κ1) is 23.1. The van der Waals surface area contributed by atoms with Crippen molar-refractivity contribution < 1.29 is 33.0 Å². The lowest BCUT2D eigenvalue weighted by Gasteiger charge is -2.37. The molecule has 2 fully saturated rings. The molecule has 1 saturated heterocycles. The summed E-state index contributed by atoms with van der Waals surface area (Å²) in [6.07, 6.45) is -2.93. The van der Waals surface area contributed by atoms with E-state index in [2.05, 4.69) is 28.7 Å². The molecule has 0 aromatic carbocycles. The van der Waals surface area contributed by atoms with Gasteiger partial charge in [0.1, 0.15) is 6.04 Å². The molecule has 29 heavy (non-hydrogen) atoms. The molecule has 11 heteroatoms. The first-order valence-electron chi connectivity index (χ1n) is 9.40. The highest BCUT2D eigenvalue weighted by Gasteiger charge is 2.41. The van der Waals surface area contributed by atoms with Gasteiger partial charge >= 0.3 is 18.1 Å². The van der Waals surface area contributed by atoms with Crippen LogP contribution in [0.1, 0.15) is 29.8 Å². The molecule has 1 aliphatic carbocycles. The topological polar surface area (TPSA) is 98.9 Å². The molecule has 1 unspecified atom stereocenters. The molecule has 0 radical (unpaired) electrons. The number of hydrogen-bond acceptors (Lipinski definition) is 5. The van der Waals surface area contributed by atoms with Gasteiger partial charge in [-0.15, -0.1) is 0 Å². The maximum atomic E-state index is 11.5. The van der Waals surface area contributed by atoms with Gasteiger partial charge < -0.3 is 10.2 Å². The van der Waals surface area contributed by atoms with E-state index < -0.39 is 18.1 Å². The van der Waals surface area contributed by atoms with Crippen molar-refractivity contribution in [3.8, 4) is 0 Å². The van der Waals surface area contributed by atoms with E-state index in [1.807, 2.05) is 11.7 Å². The minimum atomic E-state index is -5.08. The summed E-state index contributed by atoms with van der Waals surface area (Å²) in [6.45, 7) is 8.66. The van der Waals surface area contributed by atoms with Crippen LogP contribution in [0.3, 0.4) is 0 Å². The fourth-order valence-corrected chi connectivity index (χ4v) is 3.54. The molecule has 8 nitrogen and oxygen atoms in total. The monoisotopic (exact) mass is 420 g/mol. The largest absolute Gasteiger partial charge is 0.490 e. The summed E-state index contributed by atoms with van der Waals surface area (Å²) in [5.41, 5.74) is 3.64. The molecule has 164 valence electrons. The number of aromatic nitrogens is 2. The summed E-state index contributed by atoms with van der Waals surface area (Å²) >= 11 is 0. The maximum Gasteiger partial charge on any atom is 0.490 e. The number of alkyl halides is 3. The van der Waals surface area contributed by atoms with Crippen molar-refractivity contribution in [2.75, 3.05) is 26.2 Å². The van der Waals surface area contributed by atoms with E-state index in [4.69, 9.17) is 9.90 Å². The lowest BCUT2D eigenvalue weighted by molar-refractivity contribution is -0.192. The molecule has 1 saturated carbocycles. The van der Waals surface area contributed by atoms with Gasteiger partial charge in [0.05, 0.1) is 5.69 Å². The van der Waals surface area contributed by atoms with Crippen molar-refractivity contribution in [3.05, 3.63) is 17.0 Å². The number of carboxylic acid groups (broad SMARTS) is 2. The zero-order valence-electron chi connectivity index (χ0n) is 16.7. The smallest absolute Gasteiger partial charge is 0.480 e. The first-order valence-corrected chi connectivity index (χ1v) is 9.40. The van der Waals surface area contributed by atoms with Gasteiger partial charge in [-0.2, -0.15) is 18.3 Å². The summed E-state index contributed by atoms with van der Waals surface area (Å²) < 4.78 is 33.7. The Bertz CT molecular complexity index is 738. The summed E-state index contributed by atoms with van der Waals surface area (Å²) in [5.74, 6) is -3.02. The van der Waals surface area contributed by atoms with E-state index in [0.29, 0.717) is 5.92 Å². The van der Waals surface area contributed by atoms with Crippen LogP contribution in [0.5, 0.6) is 0 Å². The minimum absolute atomic E-state index is 0.260. The van der Waals surface area contributed by atoms with Crippen LogP contribution in [0.25, 0.3) is 0 Å². The molecule has 0 amide bonds. The van der Waals surface area contributed by atoms with Crippen LogP contribution < -0.4 is 0 Å². The second-order valence-electron chi connectivity index (χ2n) is 7.51. The molecule has 2 heterocycles. The third-order valence-corrected chi connectivity index (χ3v) is 5.40. The number of rotatable bonds is 5. The molecule has 1 aliphatic heterocycles. The quantitative estimate of drug-likeness (QED) is 0.747. The highest BCUT2D eigenvalue weighted by Crippen LogP contribution is 2.36. The van der Waals surface area contributed by atoms with Crippen molar-refractivity contribution in [1.29, 1.82) is 0 Å². The molecule has 3 rings (SSSR count). The standard InChI is InChI=1S/C16H26N4O2.C2HF3O2/c1-11-14(12(2)18(3)17-11)10-19-6-8-20(9-7-19)15(16(21)22)13-4-5-13;3-2(4,5)1(6)7/h13,15H,4-10H2,1-3H3,(H,21,22);(H,6,7). The van der Waals surface area contributed by atoms with E-state index in [-0.39, 0.29) is 6.04 Å². The Morgan fingerprint density at radius 1 is 1.14 bits per heavy atom. The van der Waals surface area contributed by atoms with Crippen molar-refractivity contribution in [2.45, 2.75) is 45.5 Å². The van der Waals surface area contributed by atoms with Gasteiger partial charge in [0.25, 0.3) is 0 Å². The number of aryl methyl sites for hydroxylation is 2. The van der Waals surface area contributed by atoms with E-state index in [1.165, 1.54) is 11.3 Å². The predicted octanol–water partition coefficient (Wildman–Crippen LogP) is 1.65. The van der Waals surface area contributed by atoms with Crippen LogP contribution >= 0.6 is 0 Å². The SMILES string of the molecule is Cc1nn(C)c(C)c1CN1CCN(C(C(=O)O)C2CC2)CC1.O=C(O)C(F)(F)F. The highest BCUT2D eigenvalue weighted by atomic mass is 19.4. The highest BCUT2D eigenvalue weighted by molar-refractivity contribution is 5.74. The molecule has 1 aromatic heterocycles. The Morgan fingerprint density at radius 2 is 1.66 bits per heavy atom. The Balaban J connectivity index is 0.000000370. The molecular weight excluding hydrogens is 393 g/mol. The van der Waals surface area contributed by atoms with Crippen LogP contribution in [0.15, 0.2) is 0 Å². The second kappa shape index (κ2) is 9.12. The third-order valence-electron chi connectivity index (χ3n) is 5.40. The molecular formula is C18H27F3N4O4. The number of hydrogen-bond donors (Lipinski definition) is 2. The Morgan fingerprint density at radius 3 is 2.00 bits per heavy atom. The number of nitrogens with zero attached hydrogens (tertiary/aromatic N) is 4. The van der Waals surface area contributed by atoms with Gasteiger partial charge in [-0.05, 0) is 32.6 Å². The Kier molecular flexibility index (Phi) is 7.28. The van der Waals surface area contributed by atoms with Crippen molar-refractivity contribution >= 4 is 11.9 Å². The van der Waals surface area contributed by atoms with Crippen LogP contribution in [0, 0.1) is 19.8 Å². The van der Waals surface area contributed by atoms with Gasteiger partial charge in [-0.3, -0.25) is 19.3 Å². The normalized spacial score (nSPS) is 19.4. The van der Waals surface area contributed by atoms with Crippen molar-refractivity contribution in [1.82, 2.24) is 19.6 Å². The number of carboxylic acids is 2. The van der Waals surface area contributed by atoms with Crippen LogP contribution in [-0.2, 0) is 23.2 Å². The van der Waals surface area contributed by atoms with Crippen LogP contribution in [0.4, 0.5) is 13.2 Å². The fraction of sp³-hybridized carbons (Fsp3) is 0.722. The molecule has 2 aliphatic rings. The number of carbonyl (C=O) groups is 2. The maximum absolute atomic E-state index is 11.5. The van der Waals surface area contributed by atoms with E-state index in [0.717, 1.165) is 51.3 Å². The van der Waals surface area contributed by atoms with Gasteiger partial charge in [-0.1, -0.05) is 0 Å². The number of aliphatic carboxylic acids is 2. The van der Waals surface area contributed by atoms with Crippen molar-refractivity contribution in [2.24, 2.45) is 13.0 Å². The average molecular weight is 420 g/mol. The zero-order chi connectivity index (χ0) is 21.9. The first-order chi connectivity index (χ1) is 13.4. The van der Waals surface area contributed by atoms with Gasteiger partial charge in [0.15, 0.2) is 0 Å². The summed E-state index contributed by atoms with van der Waals surface area (Å²) in [4.78, 5) is 25.0. The van der Waals surface area contributed by atoms with Gasteiger partial charge in [0.2, 0.25) is 0 Å². The Labute approximate surface area is 166 Å². The van der Waals surface area contributed by atoms with Crippen LogP contribution in [0.2, 0.25) is 0 Å². The van der Waals surface area contributed by atoms with Crippen LogP contribution in [-0.4, -0.2) is 80.1 Å². The van der Waals surface area contributed by atoms with Gasteiger partial charge in [0, 0.05) is 51.0 Å².